The molecule has 0 radical (unpaired) electrons. The predicted octanol–water partition coefficient (Wildman–Crippen LogP) is 4.16. The molecule has 2 heterocycles. The van der Waals surface area contributed by atoms with E-state index in [1.54, 1.807) is 6.07 Å². The summed E-state index contributed by atoms with van der Waals surface area (Å²) in [6.45, 7) is 0. The van der Waals surface area contributed by atoms with Crippen molar-refractivity contribution in [3.8, 4) is 11.3 Å². The number of hydrogen-bond donors (Lipinski definition) is 0. The quantitative estimate of drug-likeness (QED) is 0.601. The highest BCUT2D eigenvalue weighted by atomic mass is 32.2. The van der Waals surface area contributed by atoms with Gasteiger partial charge in [-0.1, -0.05) is 36.1 Å². The van der Waals surface area contributed by atoms with Gasteiger partial charge < -0.3 is 4.42 Å². The minimum atomic E-state index is -4.42. The highest BCUT2D eigenvalue weighted by Gasteiger charge is 2.30. The fourth-order valence-electron chi connectivity index (χ4n) is 2.00. The molecule has 1 aliphatic rings. The number of alkyl halides is 3. The van der Waals surface area contributed by atoms with Crippen molar-refractivity contribution in [1.29, 1.82) is 0 Å². The van der Waals surface area contributed by atoms with Gasteiger partial charge in [0.1, 0.15) is 11.5 Å². The van der Waals surface area contributed by atoms with Crippen molar-refractivity contribution in [2.24, 2.45) is 5.10 Å². The topological polar surface area (TPSA) is 45.8 Å². The highest BCUT2D eigenvalue weighted by molar-refractivity contribution is 8.23. The summed E-state index contributed by atoms with van der Waals surface area (Å²) in [4.78, 5) is 11.5. The molecule has 0 atom stereocenters. The van der Waals surface area contributed by atoms with Gasteiger partial charge in [0.25, 0.3) is 5.91 Å². The molecule has 1 amide bonds. The second-order valence-electron chi connectivity index (χ2n) is 4.79. The Bertz CT molecular complexity index is 814. The second-order valence-corrected chi connectivity index (χ2v) is 6.39. The van der Waals surface area contributed by atoms with Gasteiger partial charge >= 0.3 is 6.18 Å². The standard InChI is InChI=1S/C15H9F3N2O2S2/c16-15(17,18)10-3-1-2-9(6-10)12-5-4-11(22-12)7-19-20-13(21)8-24-14(20)23/h1-7H,8H2. The molecule has 0 saturated carbocycles. The molecule has 4 nitrogen and oxygen atoms in total. The summed E-state index contributed by atoms with van der Waals surface area (Å²) in [6, 6.07) is 7.92. The van der Waals surface area contributed by atoms with E-state index in [4.69, 9.17) is 16.6 Å². The van der Waals surface area contributed by atoms with Crippen molar-refractivity contribution in [3.05, 3.63) is 47.7 Å². The van der Waals surface area contributed by atoms with Crippen LogP contribution in [0.2, 0.25) is 0 Å². The Hall–Kier alpha value is -2.13. The number of halogens is 3. The third kappa shape index (κ3) is 3.51. The van der Waals surface area contributed by atoms with Gasteiger partial charge in [-0.05, 0) is 24.3 Å². The summed E-state index contributed by atoms with van der Waals surface area (Å²) in [6.07, 6.45) is -3.12. The van der Waals surface area contributed by atoms with Gasteiger partial charge in [-0.25, -0.2) is 0 Å². The minimum Gasteiger partial charge on any atom is -0.455 e. The van der Waals surface area contributed by atoms with Crippen LogP contribution in [-0.4, -0.2) is 27.2 Å². The first-order valence-electron chi connectivity index (χ1n) is 6.66. The Labute approximate surface area is 144 Å². The third-order valence-corrected chi connectivity index (χ3v) is 4.47. The number of thiocarbonyl (C=S) groups is 1. The lowest BCUT2D eigenvalue weighted by Gasteiger charge is -2.07. The number of furan rings is 1. The fraction of sp³-hybridized carbons (Fsp3) is 0.133. The number of carbonyl (C=O) groups excluding carboxylic acids is 1. The number of hydrogen-bond acceptors (Lipinski definition) is 5. The Morgan fingerprint density at radius 2 is 2.08 bits per heavy atom. The molecule has 1 saturated heterocycles. The van der Waals surface area contributed by atoms with Crippen LogP contribution in [0.5, 0.6) is 0 Å². The number of nitrogens with zero attached hydrogens (tertiary/aromatic N) is 2. The van der Waals surface area contributed by atoms with Crippen LogP contribution in [-0.2, 0) is 11.0 Å². The van der Waals surface area contributed by atoms with E-state index in [0.717, 1.165) is 17.1 Å². The van der Waals surface area contributed by atoms with E-state index in [-0.39, 0.29) is 17.4 Å². The Morgan fingerprint density at radius 3 is 2.75 bits per heavy atom. The lowest BCUT2D eigenvalue weighted by Crippen LogP contribution is -2.22. The molecule has 1 fully saturated rings. The molecule has 1 aromatic heterocycles. The molecule has 0 spiro atoms. The zero-order valence-electron chi connectivity index (χ0n) is 11.9. The van der Waals surface area contributed by atoms with Crippen LogP contribution < -0.4 is 0 Å². The summed E-state index contributed by atoms with van der Waals surface area (Å²) in [5.41, 5.74) is -0.454. The number of carbonyl (C=O) groups is 1. The first-order valence-corrected chi connectivity index (χ1v) is 8.05. The number of thioether (sulfide) groups is 1. The summed E-state index contributed by atoms with van der Waals surface area (Å²) < 4.78 is 44.1. The van der Waals surface area contributed by atoms with E-state index in [9.17, 15) is 18.0 Å². The summed E-state index contributed by atoms with van der Waals surface area (Å²) >= 11 is 6.19. The van der Waals surface area contributed by atoms with Crippen LogP contribution in [0.25, 0.3) is 11.3 Å². The maximum absolute atomic E-state index is 12.8. The van der Waals surface area contributed by atoms with Crippen molar-refractivity contribution in [1.82, 2.24) is 5.01 Å². The van der Waals surface area contributed by atoms with Crippen molar-refractivity contribution < 1.29 is 22.4 Å². The maximum atomic E-state index is 12.8. The molecular formula is C15H9F3N2O2S2. The van der Waals surface area contributed by atoms with Gasteiger partial charge in [-0.3, -0.25) is 4.79 Å². The zero-order chi connectivity index (χ0) is 17.3. The highest BCUT2D eigenvalue weighted by Crippen LogP contribution is 2.32. The van der Waals surface area contributed by atoms with E-state index in [1.807, 2.05) is 0 Å². The number of hydrazone groups is 1. The van der Waals surface area contributed by atoms with Gasteiger partial charge in [0.05, 0.1) is 17.5 Å². The van der Waals surface area contributed by atoms with Crippen LogP contribution in [0.1, 0.15) is 11.3 Å². The van der Waals surface area contributed by atoms with Gasteiger partial charge in [0, 0.05) is 5.56 Å². The summed E-state index contributed by atoms with van der Waals surface area (Å²) in [7, 11) is 0. The van der Waals surface area contributed by atoms with Crippen molar-refractivity contribution >= 4 is 40.4 Å². The summed E-state index contributed by atoms with van der Waals surface area (Å²) in [5.74, 6) is 0.581. The molecule has 0 bridgehead atoms. The van der Waals surface area contributed by atoms with Crippen LogP contribution in [0, 0.1) is 0 Å². The van der Waals surface area contributed by atoms with E-state index < -0.39 is 11.7 Å². The van der Waals surface area contributed by atoms with Gasteiger partial charge in [-0.2, -0.15) is 23.3 Å². The lowest BCUT2D eigenvalue weighted by atomic mass is 10.1. The largest absolute Gasteiger partial charge is 0.455 e. The predicted molar refractivity (Wildman–Crippen MR) is 88.6 cm³/mol. The number of amides is 1. The van der Waals surface area contributed by atoms with E-state index in [0.29, 0.717) is 15.6 Å². The first-order chi connectivity index (χ1) is 11.3. The number of benzene rings is 1. The molecule has 2 aromatic rings. The minimum absolute atomic E-state index is 0.231. The number of rotatable bonds is 3. The molecule has 0 unspecified atom stereocenters. The Morgan fingerprint density at radius 1 is 1.29 bits per heavy atom. The summed E-state index contributed by atoms with van der Waals surface area (Å²) in [5, 5.41) is 5.03. The first kappa shape index (κ1) is 16.7. The van der Waals surface area contributed by atoms with Gasteiger partial charge in [0.2, 0.25) is 0 Å². The molecule has 0 N–H and O–H groups in total. The second kappa shape index (κ2) is 6.40. The molecule has 124 valence electrons. The molecule has 1 aromatic carbocycles. The Kier molecular flexibility index (Phi) is 4.46. The molecular weight excluding hydrogens is 361 g/mol. The van der Waals surface area contributed by atoms with Crippen molar-refractivity contribution in [2.45, 2.75) is 6.18 Å². The monoisotopic (exact) mass is 370 g/mol. The maximum Gasteiger partial charge on any atom is 0.416 e. The van der Waals surface area contributed by atoms with Crippen LogP contribution >= 0.6 is 24.0 Å². The average Bonchev–Trinajstić information content (AvgIpc) is 3.12. The van der Waals surface area contributed by atoms with E-state index in [2.05, 4.69) is 5.10 Å². The molecule has 24 heavy (non-hydrogen) atoms. The third-order valence-electron chi connectivity index (χ3n) is 3.13. The van der Waals surface area contributed by atoms with Crippen LogP contribution in [0.15, 0.2) is 45.9 Å². The fourth-order valence-corrected chi connectivity index (χ4v) is 2.97. The van der Waals surface area contributed by atoms with E-state index >= 15 is 0 Å². The van der Waals surface area contributed by atoms with Crippen molar-refractivity contribution in [3.63, 3.8) is 0 Å². The van der Waals surface area contributed by atoms with Crippen LogP contribution in [0.4, 0.5) is 13.2 Å². The van der Waals surface area contributed by atoms with Gasteiger partial charge in [-0.15, -0.1) is 0 Å². The Balaban J connectivity index is 1.81. The molecule has 1 aliphatic heterocycles. The van der Waals surface area contributed by atoms with Crippen molar-refractivity contribution in [2.75, 3.05) is 5.75 Å². The SMILES string of the molecule is O=C1CSC(=S)N1N=Cc1ccc(-c2cccc(C(F)(F)F)c2)o1. The smallest absolute Gasteiger partial charge is 0.416 e. The molecule has 3 rings (SSSR count). The molecule has 9 heteroatoms. The lowest BCUT2D eigenvalue weighted by molar-refractivity contribution is -0.137. The van der Waals surface area contributed by atoms with E-state index in [1.165, 1.54) is 36.2 Å². The molecule has 0 aliphatic carbocycles. The van der Waals surface area contributed by atoms with Crippen LogP contribution in [0.3, 0.4) is 0 Å². The zero-order valence-corrected chi connectivity index (χ0v) is 13.5. The average molecular weight is 370 g/mol. The van der Waals surface area contributed by atoms with Gasteiger partial charge in [0.15, 0.2) is 4.32 Å². The normalized spacial score (nSPS) is 15.7.